The van der Waals surface area contributed by atoms with E-state index in [-0.39, 0.29) is 35.2 Å². The third-order valence-corrected chi connectivity index (χ3v) is 7.44. The van der Waals surface area contributed by atoms with Crippen LogP contribution in [0, 0.1) is 0 Å². The van der Waals surface area contributed by atoms with E-state index in [2.05, 4.69) is 25.5 Å². The standard InChI is InChI=1S/C24H22N6O4S.ClH/c25-24(35(33,34)19-8-5-13-26-15-19,21-9-4-10-22(28-21)27-16-23(31)32)14-18-11-12-20(30-29-18)17-6-2-1-3-7-17;/h1-13,15H,14,16,25H2,(H,27,28)(H,31,32);1H. The van der Waals surface area contributed by atoms with Crippen LogP contribution in [0.2, 0.25) is 0 Å². The van der Waals surface area contributed by atoms with Crippen molar-refractivity contribution < 1.29 is 18.3 Å². The Bertz CT molecular complexity index is 1420. The van der Waals surface area contributed by atoms with Crippen LogP contribution in [0.15, 0.2) is 90.1 Å². The van der Waals surface area contributed by atoms with Gasteiger partial charge in [0.1, 0.15) is 12.4 Å². The molecule has 0 aliphatic rings. The Kier molecular flexibility index (Phi) is 8.30. The fourth-order valence-electron chi connectivity index (χ4n) is 3.46. The Labute approximate surface area is 214 Å². The topological polar surface area (TPSA) is 161 Å². The van der Waals surface area contributed by atoms with Crippen LogP contribution in [-0.2, 0) is 25.9 Å². The van der Waals surface area contributed by atoms with Gasteiger partial charge >= 0.3 is 5.97 Å². The number of benzene rings is 1. The number of carboxylic acids is 1. The summed E-state index contributed by atoms with van der Waals surface area (Å²) in [6.45, 7) is -0.393. The van der Waals surface area contributed by atoms with Crippen LogP contribution >= 0.6 is 12.4 Å². The lowest BCUT2D eigenvalue weighted by molar-refractivity contribution is -0.134. The fraction of sp³-hybridized carbons (Fsp3) is 0.125. The summed E-state index contributed by atoms with van der Waals surface area (Å²) in [5.41, 5.74) is 8.50. The van der Waals surface area contributed by atoms with Crippen molar-refractivity contribution in [2.24, 2.45) is 5.73 Å². The summed E-state index contributed by atoms with van der Waals surface area (Å²) in [5, 5.41) is 20.0. The molecule has 4 rings (SSSR count). The van der Waals surface area contributed by atoms with Crippen molar-refractivity contribution in [3.63, 3.8) is 0 Å². The maximum Gasteiger partial charge on any atom is 0.322 e. The van der Waals surface area contributed by atoms with Gasteiger partial charge in [0, 0.05) is 24.4 Å². The van der Waals surface area contributed by atoms with Crippen molar-refractivity contribution in [1.82, 2.24) is 20.2 Å². The van der Waals surface area contributed by atoms with Gasteiger partial charge in [-0.15, -0.1) is 12.4 Å². The highest BCUT2D eigenvalue weighted by atomic mass is 35.5. The summed E-state index contributed by atoms with van der Waals surface area (Å²) >= 11 is 0. The van der Waals surface area contributed by atoms with E-state index in [0.717, 1.165) is 5.56 Å². The lowest BCUT2D eigenvalue weighted by Crippen LogP contribution is -2.47. The van der Waals surface area contributed by atoms with Gasteiger partial charge in [0.05, 0.1) is 22.0 Å². The van der Waals surface area contributed by atoms with Gasteiger partial charge in [-0.05, 0) is 36.4 Å². The normalized spacial score (nSPS) is 12.7. The zero-order valence-corrected chi connectivity index (χ0v) is 20.5. The first-order chi connectivity index (χ1) is 16.8. The van der Waals surface area contributed by atoms with Crippen LogP contribution in [0.1, 0.15) is 11.4 Å². The highest BCUT2D eigenvalue weighted by molar-refractivity contribution is 7.92. The largest absolute Gasteiger partial charge is 0.480 e. The third-order valence-electron chi connectivity index (χ3n) is 5.26. The number of hydrogen-bond acceptors (Lipinski definition) is 9. The van der Waals surface area contributed by atoms with Crippen LogP contribution in [0.25, 0.3) is 11.3 Å². The second-order valence-electron chi connectivity index (χ2n) is 7.69. The molecule has 10 nitrogen and oxygen atoms in total. The number of nitrogens with zero attached hydrogens (tertiary/aromatic N) is 4. The first-order valence-corrected chi connectivity index (χ1v) is 12.0. The molecule has 0 aliphatic heterocycles. The van der Waals surface area contributed by atoms with Crippen LogP contribution in [0.5, 0.6) is 0 Å². The number of aromatic nitrogens is 4. The molecule has 36 heavy (non-hydrogen) atoms. The average molecular weight is 527 g/mol. The highest BCUT2D eigenvalue weighted by Crippen LogP contribution is 2.33. The SMILES string of the molecule is Cl.NC(Cc1ccc(-c2ccccc2)nn1)(c1cccc(NCC(=O)O)n1)S(=O)(=O)c1cccnc1. The second kappa shape index (κ2) is 11.2. The predicted octanol–water partition coefficient (Wildman–Crippen LogP) is 2.68. The van der Waals surface area contributed by atoms with Gasteiger partial charge in [-0.1, -0.05) is 36.4 Å². The van der Waals surface area contributed by atoms with Gasteiger partial charge in [-0.25, -0.2) is 13.4 Å². The smallest absolute Gasteiger partial charge is 0.322 e. The molecule has 0 radical (unpaired) electrons. The Morgan fingerprint density at radius 3 is 2.39 bits per heavy atom. The molecular weight excluding hydrogens is 504 g/mol. The number of anilines is 1. The lowest BCUT2D eigenvalue weighted by atomic mass is 10.1. The molecule has 0 spiro atoms. The first kappa shape index (κ1) is 26.7. The molecule has 3 aromatic heterocycles. The quantitative estimate of drug-likeness (QED) is 0.295. The Morgan fingerprint density at radius 2 is 1.75 bits per heavy atom. The fourth-order valence-corrected chi connectivity index (χ4v) is 5.07. The predicted molar refractivity (Wildman–Crippen MR) is 136 cm³/mol. The van der Waals surface area contributed by atoms with Crippen molar-refractivity contribution in [3.8, 4) is 11.3 Å². The molecule has 1 aromatic carbocycles. The van der Waals surface area contributed by atoms with Crippen molar-refractivity contribution in [2.45, 2.75) is 16.2 Å². The number of rotatable bonds is 9. The molecule has 0 saturated carbocycles. The van der Waals surface area contributed by atoms with Crippen LogP contribution in [-0.4, -0.2) is 46.2 Å². The van der Waals surface area contributed by atoms with Gasteiger partial charge < -0.3 is 16.2 Å². The monoisotopic (exact) mass is 526 g/mol. The van der Waals surface area contributed by atoms with Crippen LogP contribution < -0.4 is 11.1 Å². The zero-order chi connectivity index (χ0) is 24.9. The molecule has 12 heteroatoms. The number of aliphatic carboxylic acids is 1. The van der Waals surface area contributed by atoms with Crippen molar-refractivity contribution in [1.29, 1.82) is 0 Å². The number of carbonyl (C=O) groups is 1. The van der Waals surface area contributed by atoms with E-state index >= 15 is 0 Å². The molecule has 0 aliphatic carbocycles. The zero-order valence-electron chi connectivity index (χ0n) is 18.9. The first-order valence-electron chi connectivity index (χ1n) is 10.5. The number of nitrogens with one attached hydrogen (secondary N) is 1. The molecule has 0 bridgehead atoms. The molecule has 3 heterocycles. The van der Waals surface area contributed by atoms with Gasteiger partial charge in [-0.3, -0.25) is 9.78 Å². The Morgan fingerprint density at radius 1 is 0.972 bits per heavy atom. The van der Waals surface area contributed by atoms with E-state index < -0.39 is 27.2 Å². The van der Waals surface area contributed by atoms with E-state index in [1.54, 1.807) is 18.2 Å². The van der Waals surface area contributed by atoms with Crippen LogP contribution in [0.4, 0.5) is 5.82 Å². The number of halogens is 1. The van der Waals surface area contributed by atoms with Gasteiger partial charge in [0.2, 0.25) is 9.84 Å². The van der Waals surface area contributed by atoms with Gasteiger partial charge in [-0.2, -0.15) is 10.2 Å². The lowest BCUT2D eigenvalue weighted by Gasteiger charge is -2.28. The minimum absolute atomic E-state index is 0. The molecule has 1 atom stereocenters. The van der Waals surface area contributed by atoms with Gasteiger partial charge in [0.15, 0.2) is 4.87 Å². The summed E-state index contributed by atoms with van der Waals surface area (Å²) in [6, 6.07) is 20.3. The highest BCUT2D eigenvalue weighted by Gasteiger charge is 2.45. The molecule has 4 N–H and O–H groups in total. The molecule has 0 amide bonds. The van der Waals surface area contributed by atoms with Crippen molar-refractivity contribution in [2.75, 3.05) is 11.9 Å². The summed E-state index contributed by atoms with van der Waals surface area (Å²) in [5.74, 6) is -0.917. The number of sulfone groups is 1. The number of nitrogens with two attached hydrogens (primary N) is 1. The van der Waals surface area contributed by atoms with E-state index in [1.165, 1.54) is 36.7 Å². The molecule has 186 valence electrons. The molecule has 4 aromatic rings. The molecule has 1 unspecified atom stereocenters. The Balaban J connectivity index is 0.00000361. The second-order valence-corrected chi connectivity index (χ2v) is 9.90. The van der Waals surface area contributed by atoms with E-state index in [4.69, 9.17) is 10.8 Å². The summed E-state index contributed by atoms with van der Waals surface area (Å²) in [4.78, 5) is 17.1. The van der Waals surface area contributed by atoms with Crippen molar-refractivity contribution in [3.05, 3.63) is 96.6 Å². The molecular formula is C24H23ClN6O4S. The number of hydrogen-bond donors (Lipinski definition) is 3. The molecule has 0 saturated heterocycles. The number of carboxylic acid groups (broad SMARTS) is 1. The van der Waals surface area contributed by atoms with E-state index in [0.29, 0.717) is 11.4 Å². The maximum absolute atomic E-state index is 13.8. The molecule has 0 fully saturated rings. The Hall–Kier alpha value is -3.93. The average Bonchev–Trinajstić information content (AvgIpc) is 2.89. The summed E-state index contributed by atoms with van der Waals surface area (Å²) in [7, 11) is -4.22. The van der Waals surface area contributed by atoms with Crippen molar-refractivity contribution >= 4 is 34.0 Å². The van der Waals surface area contributed by atoms with Gasteiger partial charge in [0.25, 0.3) is 0 Å². The third kappa shape index (κ3) is 5.65. The van der Waals surface area contributed by atoms with Crippen LogP contribution in [0.3, 0.4) is 0 Å². The summed E-state index contributed by atoms with van der Waals surface area (Å²) in [6.07, 6.45) is 2.44. The maximum atomic E-state index is 13.8. The van der Waals surface area contributed by atoms with E-state index in [9.17, 15) is 13.2 Å². The van der Waals surface area contributed by atoms with E-state index in [1.807, 2.05) is 30.3 Å². The minimum Gasteiger partial charge on any atom is -0.480 e. The summed E-state index contributed by atoms with van der Waals surface area (Å²) < 4.78 is 27.5. The minimum atomic E-state index is -4.22. The number of pyridine rings is 2.